The lowest BCUT2D eigenvalue weighted by molar-refractivity contribution is -0.116. The van der Waals surface area contributed by atoms with Crippen molar-refractivity contribution < 1.29 is 18.3 Å². The molecule has 2 N–H and O–H groups in total. The summed E-state index contributed by atoms with van der Waals surface area (Å²) in [5, 5.41) is 12.4. The lowest BCUT2D eigenvalue weighted by Gasteiger charge is -2.10. The van der Waals surface area contributed by atoms with Gasteiger partial charge in [0.25, 0.3) is 0 Å². The molecule has 0 aliphatic carbocycles. The average Bonchev–Trinajstić information content (AvgIpc) is 2.56. The number of benzene rings is 2. The van der Waals surface area contributed by atoms with E-state index in [1.54, 1.807) is 6.92 Å². The number of amides is 1. The molecule has 2 aromatic rings. The second-order valence-electron chi connectivity index (χ2n) is 5.62. The largest absolute Gasteiger partial charge is 0.506 e. The summed E-state index contributed by atoms with van der Waals surface area (Å²) >= 11 is 0. The van der Waals surface area contributed by atoms with Crippen LogP contribution in [0.3, 0.4) is 0 Å². The first-order chi connectivity index (χ1) is 11.3. The molecule has 0 aromatic heterocycles. The fraction of sp³-hybridized carbons (Fsp3) is 0.278. The number of hydrogen-bond acceptors (Lipinski definition) is 4. The van der Waals surface area contributed by atoms with Crippen molar-refractivity contribution in [3.05, 3.63) is 53.6 Å². The van der Waals surface area contributed by atoms with Crippen molar-refractivity contribution in [1.82, 2.24) is 0 Å². The van der Waals surface area contributed by atoms with Gasteiger partial charge in [0, 0.05) is 6.42 Å². The number of anilines is 1. The minimum absolute atomic E-state index is 0.0431. The van der Waals surface area contributed by atoms with E-state index < -0.39 is 9.84 Å². The topological polar surface area (TPSA) is 83.5 Å². The number of carbonyl (C=O) groups excluding carboxylic acids is 1. The standard InChI is InChI=1S/C18H21NO4S/c1-3-24(22,23)15-9-10-17(20)16(12-15)19-18(21)11-8-14-6-4-13(2)5-7-14/h4-7,9-10,12,20H,3,8,11H2,1-2H3,(H,19,21). The third-order valence-corrected chi connectivity index (χ3v) is 5.47. The predicted octanol–water partition coefficient (Wildman–Crippen LogP) is 3.07. The van der Waals surface area contributed by atoms with Gasteiger partial charge >= 0.3 is 0 Å². The van der Waals surface area contributed by atoms with Gasteiger partial charge in [0.2, 0.25) is 5.91 Å². The van der Waals surface area contributed by atoms with Crippen molar-refractivity contribution in [3.8, 4) is 5.75 Å². The van der Waals surface area contributed by atoms with Gasteiger partial charge in [-0.05, 0) is 37.1 Å². The summed E-state index contributed by atoms with van der Waals surface area (Å²) in [6, 6.07) is 11.8. The normalized spacial score (nSPS) is 11.2. The Labute approximate surface area is 142 Å². The van der Waals surface area contributed by atoms with Crippen molar-refractivity contribution in [2.24, 2.45) is 0 Å². The summed E-state index contributed by atoms with van der Waals surface area (Å²) in [6.07, 6.45) is 0.813. The molecule has 2 aromatic carbocycles. The smallest absolute Gasteiger partial charge is 0.224 e. The van der Waals surface area contributed by atoms with Gasteiger partial charge in [0.15, 0.2) is 9.84 Å². The maximum absolute atomic E-state index is 12.1. The number of carbonyl (C=O) groups is 1. The van der Waals surface area contributed by atoms with Gasteiger partial charge < -0.3 is 10.4 Å². The molecule has 0 bridgehead atoms. The maximum Gasteiger partial charge on any atom is 0.224 e. The first-order valence-corrected chi connectivity index (χ1v) is 9.38. The quantitative estimate of drug-likeness (QED) is 0.787. The highest BCUT2D eigenvalue weighted by atomic mass is 32.2. The van der Waals surface area contributed by atoms with Crippen molar-refractivity contribution in [2.45, 2.75) is 31.6 Å². The molecule has 0 saturated heterocycles. The highest BCUT2D eigenvalue weighted by molar-refractivity contribution is 7.91. The van der Waals surface area contributed by atoms with E-state index in [-0.39, 0.29) is 34.4 Å². The van der Waals surface area contributed by atoms with E-state index in [2.05, 4.69) is 5.32 Å². The number of nitrogens with one attached hydrogen (secondary N) is 1. The van der Waals surface area contributed by atoms with Gasteiger partial charge in [-0.2, -0.15) is 0 Å². The number of rotatable bonds is 6. The summed E-state index contributed by atoms with van der Waals surface area (Å²) in [5.41, 5.74) is 2.31. The SMILES string of the molecule is CCS(=O)(=O)c1ccc(O)c(NC(=O)CCc2ccc(C)cc2)c1. The second-order valence-corrected chi connectivity index (χ2v) is 7.89. The van der Waals surface area contributed by atoms with E-state index in [4.69, 9.17) is 0 Å². The molecular formula is C18H21NO4S. The Morgan fingerprint density at radius 2 is 1.79 bits per heavy atom. The van der Waals surface area contributed by atoms with E-state index >= 15 is 0 Å². The van der Waals surface area contributed by atoms with Crippen molar-refractivity contribution in [2.75, 3.05) is 11.1 Å². The van der Waals surface area contributed by atoms with Crippen LogP contribution in [0.5, 0.6) is 5.75 Å². The van der Waals surface area contributed by atoms with Crippen LogP contribution in [0.4, 0.5) is 5.69 Å². The Kier molecular flexibility index (Phi) is 5.62. The lowest BCUT2D eigenvalue weighted by atomic mass is 10.1. The minimum atomic E-state index is -3.40. The van der Waals surface area contributed by atoms with Crippen LogP contribution in [0, 0.1) is 6.92 Å². The van der Waals surface area contributed by atoms with Crippen molar-refractivity contribution in [3.63, 3.8) is 0 Å². The molecule has 0 saturated carbocycles. The molecule has 0 radical (unpaired) electrons. The molecule has 2 rings (SSSR count). The van der Waals surface area contributed by atoms with Crippen molar-refractivity contribution >= 4 is 21.4 Å². The van der Waals surface area contributed by atoms with Crippen LogP contribution in [0.2, 0.25) is 0 Å². The molecule has 0 spiro atoms. The van der Waals surface area contributed by atoms with Gasteiger partial charge in [-0.25, -0.2) is 8.42 Å². The van der Waals surface area contributed by atoms with Gasteiger partial charge in [0.1, 0.15) is 5.75 Å². The number of aromatic hydroxyl groups is 1. The van der Waals surface area contributed by atoms with Gasteiger partial charge in [0.05, 0.1) is 16.3 Å². The fourth-order valence-electron chi connectivity index (χ4n) is 2.20. The van der Waals surface area contributed by atoms with E-state index in [1.807, 2.05) is 31.2 Å². The average molecular weight is 347 g/mol. The Balaban J connectivity index is 2.05. The summed E-state index contributed by atoms with van der Waals surface area (Å²) < 4.78 is 23.8. The van der Waals surface area contributed by atoms with E-state index in [0.717, 1.165) is 11.1 Å². The van der Waals surface area contributed by atoms with Gasteiger partial charge in [-0.15, -0.1) is 0 Å². The Bertz CT molecular complexity index is 827. The lowest BCUT2D eigenvalue weighted by Crippen LogP contribution is -2.13. The number of phenols is 1. The molecule has 0 atom stereocenters. The summed E-state index contributed by atoms with van der Waals surface area (Å²) in [4.78, 5) is 12.1. The second kappa shape index (κ2) is 7.49. The van der Waals surface area contributed by atoms with E-state index in [0.29, 0.717) is 6.42 Å². The van der Waals surface area contributed by atoms with Crippen LogP contribution in [0.15, 0.2) is 47.4 Å². The molecule has 0 aliphatic heterocycles. The summed E-state index contributed by atoms with van der Waals surface area (Å²) in [7, 11) is -3.40. The minimum Gasteiger partial charge on any atom is -0.506 e. The zero-order valence-corrected chi connectivity index (χ0v) is 14.6. The number of hydrogen-bond donors (Lipinski definition) is 2. The molecule has 0 fully saturated rings. The Hall–Kier alpha value is -2.34. The fourth-order valence-corrected chi connectivity index (χ4v) is 3.11. The zero-order valence-electron chi connectivity index (χ0n) is 13.7. The van der Waals surface area contributed by atoms with Crippen LogP contribution in [0.1, 0.15) is 24.5 Å². The van der Waals surface area contributed by atoms with Crippen LogP contribution in [-0.2, 0) is 21.1 Å². The molecule has 24 heavy (non-hydrogen) atoms. The predicted molar refractivity (Wildman–Crippen MR) is 94.0 cm³/mol. The molecule has 1 amide bonds. The molecule has 128 valence electrons. The third kappa shape index (κ3) is 4.58. The Morgan fingerprint density at radius 1 is 1.12 bits per heavy atom. The molecule has 6 heteroatoms. The van der Waals surface area contributed by atoms with Crippen LogP contribution >= 0.6 is 0 Å². The molecule has 0 heterocycles. The number of phenolic OH excluding ortho intramolecular Hbond substituents is 1. The molecule has 0 unspecified atom stereocenters. The maximum atomic E-state index is 12.1. The third-order valence-electron chi connectivity index (χ3n) is 3.74. The Morgan fingerprint density at radius 3 is 2.42 bits per heavy atom. The summed E-state index contributed by atoms with van der Waals surface area (Å²) in [6.45, 7) is 3.54. The zero-order chi connectivity index (χ0) is 17.7. The highest BCUT2D eigenvalue weighted by Crippen LogP contribution is 2.27. The molecule has 0 aliphatic rings. The van der Waals surface area contributed by atoms with Crippen LogP contribution < -0.4 is 5.32 Å². The van der Waals surface area contributed by atoms with E-state index in [1.165, 1.54) is 18.2 Å². The molecule has 5 nitrogen and oxygen atoms in total. The monoisotopic (exact) mass is 347 g/mol. The first kappa shape index (κ1) is 18.0. The summed E-state index contributed by atoms with van der Waals surface area (Å²) in [5.74, 6) is -0.482. The van der Waals surface area contributed by atoms with Crippen molar-refractivity contribution in [1.29, 1.82) is 0 Å². The van der Waals surface area contributed by atoms with Gasteiger partial charge in [-0.3, -0.25) is 4.79 Å². The number of aryl methyl sites for hydroxylation is 2. The van der Waals surface area contributed by atoms with Gasteiger partial charge in [-0.1, -0.05) is 36.8 Å². The first-order valence-electron chi connectivity index (χ1n) is 7.73. The molecular weight excluding hydrogens is 326 g/mol. The van der Waals surface area contributed by atoms with E-state index in [9.17, 15) is 18.3 Å². The highest BCUT2D eigenvalue weighted by Gasteiger charge is 2.15. The number of sulfone groups is 1. The van der Waals surface area contributed by atoms with Crippen LogP contribution in [0.25, 0.3) is 0 Å². The van der Waals surface area contributed by atoms with Crippen LogP contribution in [-0.4, -0.2) is 25.2 Å².